The molecule has 0 aliphatic rings. The number of fused-ring (bicyclic) bond motifs is 3. The molecule has 0 atom stereocenters. The van der Waals surface area contributed by atoms with Gasteiger partial charge in [0.2, 0.25) is 0 Å². The highest BCUT2D eigenvalue weighted by Gasteiger charge is 2.19. The van der Waals surface area contributed by atoms with Gasteiger partial charge in [-0.2, -0.15) is 0 Å². The van der Waals surface area contributed by atoms with E-state index in [1.165, 1.54) is 17.4 Å². The summed E-state index contributed by atoms with van der Waals surface area (Å²) in [5, 5.41) is 0.562. The highest BCUT2D eigenvalue weighted by molar-refractivity contribution is 7.73. The van der Waals surface area contributed by atoms with Crippen LogP contribution in [0.25, 0.3) is 27.0 Å². The highest BCUT2D eigenvalue weighted by atomic mass is 32.1. The summed E-state index contributed by atoms with van der Waals surface area (Å²) >= 11 is 7.20. The summed E-state index contributed by atoms with van der Waals surface area (Å²) in [6, 6.07) is 22.0. The summed E-state index contributed by atoms with van der Waals surface area (Å²) in [5.74, 6) is -0.332. The average Bonchev–Trinajstić information content (AvgIpc) is 3.09. The fraction of sp³-hybridized carbons (Fsp3) is 0.0833. The van der Waals surface area contributed by atoms with Gasteiger partial charge in [0.15, 0.2) is 3.95 Å². The zero-order valence-electron chi connectivity index (χ0n) is 16.1. The van der Waals surface area contributed by atoms with E-state index in [1.807, 2.05) is 53.8 Å². The minimum absolute atomic E-state index is 0.129. The number of halogens is 1. The molecule has 0 spiro atoms. The number of benzene rings is 3. The zero-order valence-corrected chi connectivity index (χ0v) is 17.8. The summed E-state index contributed by atoms with van der Waals surface area (Å²) < 4.78 is 18.7. The van der Waals surface area contributed by atoms with Gasteiger partial charge in [-0.1, -0.05) is 54.6 Å². The molecule has 0 radical (unpaired) electrons. The van der Waals surface area contributed by atoms with Gasteiger partial charge in [0.05, 0.1) is 22.3 Å². The van der Waals surface area contributed by atoms with Gasteiger partial charge in [-0.15, -0.1) is 11.3 Å². The van der Waals surface area contributed by atoms with E-state index in [0.29, 0.717) is 20.6 Å². The van der Waals surface area contributed by atoms with E-state index < -0.39 is 0 Å². The van der Waals surface area contributed by atoms with Crippen LogP contribution in [-0.2, 0) is 6.54 Å². The molecule has 30 heavy (non-hydrogen) atoms. The van der Waals surface area contributed by atoms with Crippen molar-refractivity contribution in [3.05, 3.63) is 104 Å². The molecule has 2 heterocycles. The quantitative estimate of drug-likeness (QED) is 0.317. The van der Waals surface area contributed by atoms with E-state index in [9.17, 15) is 9.18 Å². The number of hydrogen-bond acceptors (Lipinski definition) is 3. The lowest BCUT2D eigenvalue weighted by molar-refractivity contribution is 0.599. The second-order valence-corrected chi connectivity index (χ2v) is 8.82. The average molecular weight is 433 g/mol. The summed E-state index contributed by atoms with van der Waals surface area (Å²) in [6.07, 6.45) is 0. The van der Waals surface area contributed by atoms with Crippen molar-refractivity contribution in [3.63, 3.8) is 0 Å². The maximum absolute atomic E-state index is 14.5. The second-order valence-electron chi connectivity index (χ2n) is 7.17. The van der Waals surface area contributed by atoms with Gasteiger partial charge in [-0.05, 0) is 48.5 Å². The van der Waals surface area contributed by atoms with E-state index in [0.717, 1.165) is 21.5 Å². The normalized spacial score (nSPS) is 11.4. The topological polar surface area (TPSA) is 26.4 Å². The molecule has 0 saturated heterocycles. The molecule has 0 unspecified atom stereocenters. The fourth-order valence-corrected chi connectivity index (χ4v) is 5.38. The van der Waals surface area contributed by atoms with Gasteiger partial charge in [0, 0.05) is 5.56 Å². The van der Waals surface area contributed by atoms with Crippen LogP contribution in [0.15, 0.2) is 77.6 Å². The molecule has 3 aromatic carbocycles. The molecule has 148 valence electrons. The van der Waals surface area contributed by atoms with Gasteiger partial charge < -0.3 is 0 Å². The summed E-state index contributed by atoms with van der Waals surface area (Å²) in [7, 11) is 0. The Morgan fingerprint density at radius 2 is 1.67 bits per heavy atom. The molecular formula is C24H17FN2OS2. The molecule has 0 amide bonds. The Bertz CT molecular complexity index is 1540. The molecule has 0 aliphatic heterocycles. The largest absolute Gasteiger partial charge is 0.288 e. The van der Waals surface area contributed by atoms with Crippen molar-refractivity contribution in [1.29, 1.82) is 0 Å². The van der Waals surface area contributed by atoms with Crippen LogP contribution in [0.4, 0.5) is 4.39 Å². The van der Waals surface area contributed by atoms with Gasteiger partial charge >= 0.3 is 0 Å². The monoisotopic (exact) mass is 432 g/mol. The predicted octanol–water partition coefficient (Wildman–Crippen LogP) is 6.21. The molecule has 6 heteroatoms. The molecular weight excluding hydrogens is 415 g/mol. The third-order valence-corrected chi connectivity index (χ3v) is 6.74. The fourth-order valence-electron chi connectivity index (χ4n) is 3.86. The predicted molar refractivity (Wildman–Crippen MR) is 124 cm³/mol. The lowest BCUT2D eigenvalue weighted by Crippen LogP contribution is -2.24. The number of nitrogens with zero attached hydrogens (tertiary/aromatic N) is 2. The van der Waals surface area contributed by atoms with Gasteiger partial charge in [0.1, 0.15) is 11.5 Å². The lowest BCUT2D eigenvalue weighted by Gasteiger charge is -2.14. The minimum Gasteiger partial charge on any atom is -0.288 e. The molecule has 0 fully saturated rings. The summed E-state index contributed by atoms with van der Waals surface area (Å²) in [6.45, 7) is 2.17. The maximum atomic E-state index is 14.5. The first-order valence-electron chi connectivity index (χ1n) is 9.53. The van der Waals surface area contributed by atoms with Gasteiger partial charge in [-0.25, -0.2) is 4.39 Å². The number of hydrogen-bond donors (Lipinski definition) is 0. The molecule has 2 aromatic heterocycles. The molecule has 3 nitrogen and oxygen atoms in total. The Balaban J connectivity index is 1.95. The second kappa shape index (κ2) is 7.31. The number of rotatable bonds is 3. The van der Waals surface area contributed by atoms with Crippen molar-refractivity contribution in [3.8, 4) is 10.4 Å². The van der Waals surface area contributed by atoms with E-state index in [-0.39, 0.29) is 17.9 Å². The van der Waals surface area contributed by atoms with E-state index in [1.54, 1.807) is 28.8 Å². The number of aromatic nitrogens is 2. The maximum Gasteiger partial charge on any atom is 0.261 e. The molecule has 0 aliphatic carbocycles. The Morgan fingerprint density at radius 3 is 2.47 bits per heavy atom. The molecule has 0 bridgehead atoms. The Hall–Kier alpha value is -3.09. The van der Waals surface area contributed by atoms with Crippen LogP contribution >= 0.6 is 23.6 Å². The van der Waals surface area contributed by atoms with Crippen molar-refractivity contribution < 1.29 is 4.39 Å². The zero-order chi connectivity index (χ0) is 20.8. The van der Waals surface area contributed by atoms with Crippen LogP contribution in [0.2, 0.25) is 0 Å². The molecule has 5 aromatic rings. The SMILES string of the molecule is Cc1ccccc1-c1sc(=S)n2c3ccccc3c(=O)n(Cc3ccccc3F)c12. The minimum atomic E-state index is -0.332. The standard InChI is InChI=1S/C24H17FN2OS2/c1-15-8-2-4-10-17(15)21-22-26(14-16-9-3-6-12-19(16)25)23(28)18-11-5-7-13-20(18)27(22)24(29)30-21/h2-13H,14H2,1H3. The molecule has 0 saturated carbocycles. The van der Waals surface area contributed by atoms with Crippen LogP contribution in [0, 0.1) is 16.7 Å². The molecule has 0 N–H and O–H groups in total. The Morgan fingerprint density at radius 1 is 0.967 bits per heavy atom. The van der Waals surface area contributed by atoms with Crippen LogP contribution < -0.4 is 5.56 Å². The first kappa shape index (κ1) is 18.9. The van der Waals surface area contributed by atoms with E-state index in [4.69, 9.17) is 12.2 Å². The van der Waals surface area contributed by atoms with Crippen LogP contribution in [0.3, 0.4) is 0 Å². The van der Waals surface area contributed by atoms with Crippen molar-refractivity contribution in [2.45, 2.75) is 13.5 Å². The lowest BCUT2D eigenvalue weighted by atomic mass is 10.1. The van der Waals surface area contributed by atoms with Gasteiger partial charge in [-0.3, -0.25) is 13.8 Å². The van der Waals surface area contributed by atoms with E-state index >= 15 is 0 Å². The van der Waals surface area contributed by atoms with Crippen molar-refractivity contribution in [1.82, 2.24) is 8.97 Å². The summed E-state index contributed by atoms with van der Waals surface area (Å²) in [5.41, 5.74) is 3.89. The van der Waals surface area contributed by atoms with Crippen LogP contribution in [0.1, 0.15) is 11.1 Å². The number of thiazole rings is 1. The van der Waals surface area contributed by atoms with Crippen molar-refractivity contribution in [2.24, 2.45) is 0 Å². The number of para-hydroxylation sites is 1. The highest BCUT2D eigenvalue weighted by Crippen LogP contribution is 2.35. The van der Waals surface area contributed by atoms with E-state index in [2.05, 4.69) is 0 Å². The third kappa shape index (κ3) is 2.91. The summed E-state index contributed by atoms with van der Waals surface area (Å²) in [4.78, 5) is 14.4. The Labute approximate surface area is 181 Å². The van der Waals surface area contributed by atoms with Gasteiger partial charge in [0.25, 0.3) is 5.56 Å². The number of aryl methyl sites for hydroxylation is 1. The third-order valence-electron chi connectivity index (χ3n) is 5.34. The first-order valence-corrected chi connectivity index (χ1v) is 10.8. The van der Waals surface area contributed by atoms with Crippen molar-refractivity contribution in [2.75, 3.05) is 0 Å². The van der Waals surface area contributed by atoms with Crippen LogP contribution in [-0.4, -0.2) is 8.97 Å². The smallest absolute Gasteiger partial charge is 0.261 e. The van der Waals surface area contributed by atoms with Crippen molar-refractivity contribution >= 4 is 40.1 Å². The first-order chi connectivity index (χ1) is 14.6. The van der Waals surface area contributed by atoms with Crippen LogP contribution in [0.5, 0.6) is 0 Å². The molecule has 5 rings (SSSR count). The Kier molecular flexibility index (Phi) is 4.60.